The number of para-hydroxylation sites is 1. The highest BCUT2D eigenvalue weighted by Gasteiger charge is 2.44. The lowest BCUT2D eigenvalue weighted by atomic mass is 10.0. The van der Waals surface area contributed by atoms with Gasteiger partial charge in [0.15, 0.2) is 11.7 Å². The third-order valence-electron chi connectivity index (χ3n) is 6.52. The number of carbonyl (C=O) groups is 3. The van der Waals surface area contributed by atoms with Gasteiger partial charge in [-0.15, -0.1) is 5.10 Å². The lowest BCUT2D eigenvalue weighted by Crippen LogP contribution is -2.52. The molecule has 2 aromatic carbocycles. The number of hydrogen-bond donors (Lipinski definition) is 0. The Bertz CT molecular complexity index is 1240. The molecule has 2 aliphatic rings. The van der Waals surface area contributed by atoms with Gasteiger partial charge in [-0.3, -0.25) is 9.69 Å². The molecule has 0 radical (unpaired) electrons. The lowest BCUT2D eigenvalue weighted by Gasteiger charge is -2.37. The first-order valence-electron chi connectivity index (χ1n) is 12.0. The normalized spacial score (nSPS) is 18.2. The first-order valence-corrected chi connectivity index (χ1v) is 12.0. The summed E-state index contributed by atoms with van der Waals surface area (Å²) in [6.07, 6.45) is 0.521. The zero-order valence-electron chi connectivity index (χ0n) is 19.9. The van der Waals surface area contributed by atoms with Gasteiger partial charge in [0.2, 0.25) is 0 Å². The van der Waals surface area contributed by atoms with Gasteiger partial charge in [0.1, 0.15) is 13.2 Å². The van der Waals surface area contributed by atoms with E-state index in [1.165, 1.54) is 9.70 Å². The molecular weight excluding hydrogens is 462 g/mol. The summed E-state index contributed by atoms with van der Waals surface area (Å²) in [4.78, 5) is 43.1. The van der Waals surface area contributed by atoms with Gasteiger partial charge in [0, 0.05) is 19.1 Å². The number of likely N-dealkylation sites (tertiary alicyclic amines) is 1. The van der Waals surface area contributed by atoms with E-state index in [0.29, 0.717) is 37.3 Å². The summed E-state index contributed by atoms with van der Waals surface area (Å²) in [6.45, 7) is 2.72. The van der Waals surface area contributed by atoms with Crippen LogP contribution in [-0.2, 0) is 20.9 Å². The molecule has 10 heteroatoms. The van der Waals surface area contributed by atoms with Crippen molar-refractivity contribution in [3.63, 3.8) is 0 Å². The minimum Gasteiger partial charge on any atom is -0.459 e. The van der Waals surface area contributed by atoms with Crippen LogP contribution in [0.4, 0.5) is 4.79 Å². The number of aryl methyl sites for hydroxylation is 1. The minimum atomic E-state index is -0.790. The molecule has 2 saturated heterocycles. The molecule has 0 bridgehead atoms. The van der Waals surface area contributed by atoms with Crippen molar-refractivity contribution in [2.24, 2.45) is 0 Å². The number of esters is 1. The predicted molar refractivity (Wildman–Crippen MR) is 128 cm³/mol. The van der Waals surface area contributed by atoms with E-state index in [9.17, 15) is 14.4 Å². The molecule has 0 spiro atoms. The Balaban J connectivity index is 1.20. The van der Waals surface area contributed by atoms with Crippen LogP contribution in [0, 0.1) is 6.92 Å². The van der Waals surface area contributed by atoms with Crippen molar-refractivity contribution in [2.45, 2.75) is 38.5 Å². The molecule has 1 atom stereocenters. The fourth-order valence-electron chi connectivity index (χ4n) is 4.59. The number of benzene rings is 2. The number of cyclic esters (lactones) is 1. The molecule has 0 N–H and O–H groups in total. The van der Waals surface area contributed by atoms with Gasteiger partial charge in [-0.25, -0.2) is 9.59 Å². The van der Waals surface area contributed by atoms with Crippen LogP contribution in [-0.4, -0.2) is 74.5 Å². The third kappa shape index (κ3) is 4.79. The summed E-state index contributed by atoms with van der Waals surface area (Å²) in [5.41, 5.74) is 2.50. The standard InChI is InChI=1S/C26H27N5O5/c1-18-23(28-31(27-18)21-10-6-3-7-11-21)24(32)29-14-12-20(13-15-29)30-22(17-36-26(30)34)25(33)35-16-19-8-4-2-5-9-19/h2-11,20,22H,12-17H2,1H3. The second-order valence-corrected chi connectivity index (χ2v) is 8.88. The number of ether oxygens (including phenoxy) is 2. The van der Waals surface area contributed by atoms with Gasteiger partial charge in [0.05, 0.1) is 11.4 Å². The first-order chi connectivity index (χ1) is 17.5. The van der Waals surface area contributed by atoms with Crippen molar-refractivity contribution in [2.75, 3.05) is 19.7 Å². The fourth-order valence-corrected chi connectivity index (χ4v) is 4.59. The molecule has 2 aliphatic heterocycles. The first kappa shape index (κ1) is 23.5. The SMILES string of the molecule is Cc1nn(-c2ccccc2)nc1C(=O)N1CCC(N2C(=O)OCC2C(=O)OCc2ccccc2)CC1. The average Bonchev–Trinajstić information content (AvgIpc) is 3.50. The molecule has 1 unspecified atom stereocenters. The molecule has 3 heterocycles. The molecule has 5 rings (SSSR count). The van der Waals surface area contributed by atoms with E-state index in [1.807, 2.05) is 60.7 Å². The average molecular weight is 490 g/mol. The predicted octanol–water partition coefficient (Wildman–Crippen LogP) is 2.74. The maximum atomic E-state index is 13.2. The molecule has 2 amide bonds. The Morgan fingerprint density at radius 3 is 2.36 bits per heavy atom. The Hall–Kier alpha value is -4.21. The van der Waals surface area contributed by atoms with Crippen LogP contribution in [0.5, 0.6) is 0 Å². The largest absolute Gasteiger partial charge is 0.459 e. The van der Waals surface area contributed by atoms with E-state index in [2.05, 4.69) is 10.2 Å². The second kappa shape index (κ2) is 10.2. The van der Waals surface area contributed by atoms with E-state index < -0.39 is 18.1 Å². The Morgan fingerprint density at radius 2 is 1.67 bits per heavy atom. The van der Waals surface area contributed by atoms with E-state index >= 15 is 0 Å². The highest BCUT2D eigenvalue weighted by Crippen LogP contribution is 2.26. The highest BCUT2D eigenvalue weighted by molar-refractivity contribution is 5.93. The molecular formula is C26H27N5O5. The van der Waals surface area contributed by atoms with Crippen molar-refractivity contribution in [3.8, 4) is 5.69 Å². The summed E-state index contributed by atoms with van der Waals surface area (Å²) in [5.74, 6) is -0.688. The van der Waals surface area contributed by atoms with Crippen molar-refractivity contribution < 1.29 is 23.9 Å². The number of amides is 2. The van der Waals surface area contributed by atoms with Crippen molar-refractivity contribution >= 4 is 18.0 Å². The van der Waals surface area contributed by atoms with E-state index in [0.717, 1.165) is 11.3 Å². The minimum absolute atomic E-state index is 0.0343. The topological polar surface area (TPSA) is 107 Å². The van der Waals surface area contributed by atoms with Crippen LogP contribution in [0.25, 0.3) is 5.69 Å². The Morgan fingerprint density at radius 1 is 1.00 bits per heavy atom. The van der Waals surface area contributed by atoms with Gasteiger partial charge in [-0.1, -0.05) is 48.5 Å². The van der Waals surface area contributed by atoms with Crippen LogP contribution in [0.1, 0.15) is 34.6 Å². The molecule has 2 fully saturated rings. The van der Waals surface area contributed by atoms with Gasteiger partial charge in [0.25, 0.3) is 5.91 Å². The number of aromatic nitrogens is 3. The number of nitrogens with zero attached hydrogens (tertiary/aromatic N) is 5. The van der Waals surface area contributed by atoms with E-state index in [1.54, 1.807) is 11.8 Å². The van der Waals surface area contributed by atoms with Crippen LogP contribution in [0.3, 0.4) is 0 Å². The lowest BCUT2D eigenvalue weighted by molar-refractivity contribution is -0.150. The summed E-state index contributed by atoms with van der Waals surface area (Å²) >= 11 is 0. The molecule has 36 heavy (non-hydrogen) atoms. The molecule has 1 aromatic heterocycles. The molecule has 186 valence electrons. The molecule has 3 aromatic rings. The Labute approximate surface area is 208 Å². The molecule has 10 nitrogen and oxygen atoms in total. The van der Waals surface area contributed by atoms with Gasteiger partial charge < -0.3 is 14.4 Å². The zero-order chi connectivity index (χ0) is 25.1. The monoisotopic (exact) mass is 489 g/mol. The van der Waals surface area contributed by atoms with Gasteiger partial charge in [-0.2, -0.15) is 9.90 Å². The smallest absolute Gasteiger partial charge is 0.410 e. The summed E-state index contributed by atoms with van der Waals surface area (Å²) in [7, 11) is 0. The van der Waals surface area contributed by atoms with Crippen molar-refractivity contribution in [3.05, 3.63) is 77.6 Å². The summed E-state index contributed by atoms with van der Waals surface area (Å²) in [5, 5.41) is 8.80. The van der Waals surface area contributed by atoms with Crippen LogP contribution in [0.15, 0.2) is 60.7 Å². The maximum absolute atomic E-state index is 13.2. The molecule has 0 aliphatic carbocycles. The molecule has 0 saturated carbocycles. The second-order valence-electron chi connectivity index (χ2n) is 8.88. The number of carbonyl (C=O) groups excluding carboxylic acids is 3. The maximum Gasteiger partial charge on any atom is 0.410 e. The quantitative estimate of drug-likeness (QED) is 0.490. The van der Waals surface area contributed by atoms with Crippen LogP contribution >= 0.6 is 0 Å². The third-order valence-corrected chi connectivity index (χ3v) is 6.52. The van der Waals surface area contributed by atoms with Crippen molar-refractivity contribution in [1.82, 2.24) is 24.8 Å². The van der Waals surface area contributed by atoms with Gasteiger partial charge >= 0.3 is 12.1 Å². The Kier molecular flexibility index (Phi) is 6.66. The summed E-state index contributed by atoms with van der Waals surface area (Å²) < 4.78 is 10.6. The highest BCUT2D eigenvalue weighted by atomic mass is 16.6. The summed E-state index contributed by atoms with van der Waals surface area (Å²) in [6, 6.07) is 17.8. The number of hydrogen-bond acceptors (Lipinski definition) is 7. The van der Waals surface area contributed by atoms with E-state index in [4.69, 9.17) is 9.47 Å². The number of piperidine rings is 1. The van der Waals surface area contributed by atoms with Crippen molar-refractivity contribution in [1.29, 1.82) is 0 Å². The van der Waals surface area contributed by atoms with E-state index in [-0.39, 0.29) is 25.2 Å². The fraction of sp³-hybridized carbons (Fsp3) is 0.346. The van der Waals surface area contributed by atoms with Gasteiger partial charge in [-0.05, 0) is 37.5 Å². The number of rotatable bonds is 6. The van der Waals surface area contributed by atoms with Crippen LogP contribution < -0.4 is 0 Å². The van der Waals surface area contributed by atoms with Crippen LogP contribution in [0.2, 0.25) is 0 Å². The zero-order valence-corrected chi connectivity index (χ0v) is 19.9.